The first-order valence-corrected chi connectivity index (χ1v) is 8.45. The lowest BCUT2D eigenvalue weighted by molar-refractivity contribution is -0.117. The smallest absolute Gasteiger partial charge is 0.224 e. The van der Waals surface area contributed by atoms with E-state index in [0.29, 0.717) is 36.9 Å². The van der Waals surface area contributed by atoms with Crippen LogP contribution in [0.1, 0.15) is 25.7 Å². The van der Waals surface area contributed by atoms with Crippen molar-refractivity contribution in [2.24, 2.45) is 11.7 Å². The number of benzene rings is 1. The molecular formula is C18H24N4O2. The van der Waals surface area contributed by atoms with Gasteiger partial charge in [-0.05, 0) is 30.9 Å². The zero-order chi connectivity index (χ0) is 16.8. The molecule has 2 aromatic rings. The summed E-state index contributed by atoms with van der Waals surface area (Å²) in [5, 5.41) is 2.96. The molecule has 1 aliphatic carbocycles. The van der Waals surface area contributed by atoms with Crippen LogP contribution in [0.4, 0.5) is 5.69 Å². The number of hydrogen-bond donors (Lipinski definition) is 2. The molecule has 6 nitrogen and oxygen atoms in total. The van der Waals surface area contributed by atoms with Gasteiger partial charge < -0.3 is 20.4 Å². The van der Waals surface area contributed by atoms with Gasteiger partial charge in [-0.15, -0.1) is 0 Å². The topological polar surface area (TPSA) is 82.2 Å². The van der Waals surface area contributed by atoms with Gasteiger partial charge in [0.15, 0.2) is 0 Å². The van der Waals surface area contributed by atoms with Gasteiger partial charge in [0.25, 0.3) is 0 Å². The van der Waals surface area contributed by atoms with Crippen LogP contribution in [0.15, 0.2) is 43.0 Å². The van der Waals surface area contributed by atoms with Gasteiger partial charge in [-0.25, -0.2) is 4.98 Å². The molecule has 3 N–H and O–H groups in total. The summed E-state index contributed by atoms with van der Waals surface area (Å²) < 4.78 is 7.76. The fraction of sp³-hybridized carbons (Fsp3) is 0.444. The highest BCUT2D eigenvalue weighted by atomic mass is 16.5. The number of rotatable bonds is 7. The molecule has 6 heteroatoms. The molecule has 1 fully saturated rings. The Morgan fingerprint density at radius 1 is 1.38 bits per heavy atom. The Kier molecular flexibility index (Phi) is 5.48. The zero-order valence-electron chi connectivity index (χ0n) is 13.7. The van der Waals surface area contributed by atoms with E-state index in [9.17, 15) is 4.79 Å². The maximum absolute atomic E-state index is 12.3. The van der Waals surface area contributed by atoms with E-state index in [-0.39, 0.29) is 11.9 Å². The van der Waals surface area contributed by atoms with Gasteiger partial charge in [0.2, 0.25) is 5.91 Å². The summed E-state index contributed by atoms with van der Waals surface area (Å²) in [4.78, 5) is 16.3. The van der Waals surface area contributed by atoms with Crippen molar-refractivity contribution < 1.29 is 9.53 Å². The van der Waals surface area contributed by atoms with Crippen LogP contribution in [0.25, 0.3) is 0 Å². The largest absolute Gasteiger partial charge is 0.490 e. The van der Waals surface area contributed by atoms with Crippen LogP contribution in [0, 0.1) is 5.92 Å². The van der Waals surface area contributed by atoms with Crippen molar-refractivity contribution in [3.8, 4) is 5.75 Å². The number of anilines is 1. The number of carbonyl (C=O) groups excluding carboxylic acids is 1. The summed E-state index contributed by atoms with van der Waals surface area (Å²) in [6.45, 7) is 1.22. The minimum absolute atomic E-state index is 0.00279. The van der Waals surface area contributed by atoms with Crippen LogP contribution in [0.3, 0.4) is 0 Å². The van der Waals surface area contributed by atoms with Crippen molar-refractivity contribution in [1.29, 1.82) is 0 Å². The Hall–Kier alpha value is -2.34. The first-order valence-electron chi connectivity index (χ1n) is 8.45. The number of aromatic nitrogens is 2. The summed E-state index contributed by atoms with van der Waals surface area (Å²) in [5.74, 6) is 0.976. The van der Waals surface area contributed by atoms with Crippen LogP contribution < -0.4 is 15.8 Å². The molecule has 2 atom stereocenters. The third-order valence-corrected chi connectivity index (χ3v) is 4.49. The Morgan fingerprint density at radius 3 is 3.00 bits per heavy atom. The molecule has 0 aliphatic heterocycles. The second-order valence-electron chi connectivity index (χ2n) is 6.25. The van der Waals surface area contributed by atoms with E-state index in [1.54, 1.807) is 12.5 Å². The Balaban J connectivity index is 1.54. The highest BCUT2D eigenvalue weighted by Crippen LogP contribution is 2.28. The Labute approximate surface area is 142 Å². The molecule has 0 unspecified atom stereocenters. The van der Waals surface area contributed by atoms with Crippen molar-refractivity contribution in [1.82, 2.24) is 9.55 Å². The van der Waals surface area contributed by atoms with Crippen molar-refractivity contribution in [3.05, 3.63) is 43.0 Å². The van der Waals surface area contributed by atoms with Gasteiger partial charge in [0, 0.05) is 24.9 Å². The minimum Gasteiger partial charge on any atom is -0.490 e. The van der Waals surface area contributed by atoms with Gasteiger partial charge in [-0.3, -0.25) is 4.79 Å². The number of hydrogen-bond acceptors (Lipinski definition) is 4. The van der Waals surface area contributed by atoms with Crippen LogP contribution in [0.5, 0.6) is 5.75 Å². The highest BCUT2D eigenvalue weighted by molar-refractivity contribution is 5.92. The van der Waals surface area contributed by atoms with E-state index in [2.05, 4.69) is 10.3 Å². The van der Waals surface area contributed by atoms with Gasteiger partial charge in [-0.2, -0.15) is 0 Å². The summed E-state index contributed by atoms with van der Waals surface area (Å²) in [6.07, 6.45) is 9.03. The molecular weight excluding hydrogens is 304 g/mol. The average Bonchev–Trinajstić information content (AvgIpc) is 3.22. The quantitative estimate of drug-likeness (QED) is 0.818. The molecule has 1 heterocycles. The van der Waals surface area contributed by atoms with Crippen LogP contribution in [0.2, 0.25) is 0 Å². The molecule has 0 bridgehead atoms. The van der Waals surface area contributed by atoms with E-state index < -0.39 is 0 Å². The highest BCUT2D eigenvalue weighted by Gasteiger charge is 2.26. The maximum atomic E-state index is 12.3. The molecule has 1 aromatic heterocycles. The van der Waals surface area contributed by atoms with Crippen molar-refractivity contribution in [2.75, 3.05) is 11.9 Å². The number of ether oxygens (including phenoxy) is 1. The second-order valence-corrected chi connectivity index (χ2v) is 6.25. The lowest BCUT2D eigenvalue weighted by Gasteiger charge is -2.16. The van der Waals surface area contributed by atoms with Gasteiger partial charge in [0.1, 0.15) is 12.4 Å². The van der Waals surface area contributed by atoms with Crippen LogP contribution in [-0.2, 0) is 11.3 Å². The number of nitrogens with two attached hydrogens (primary N) is 1. The Bertz CT molecular complexity index is 657. The van der Waals surface area contributed by atoms with E-state index in [1.807, 2.05) is 35.0 Å². The van der Waals surface area contributed by atoms with E-state index in [1.165, 1.54) is 0 Å². The molecule has 1 aliphatic rings. The number of amides is 1. The number of nitrogens with zero attached hydrogens (tertiary/aromatic N) is 2. The fourth-order valence-corrected chi connectivity index (χ4v) is 3.13. The molecule has 0 saturated heterocycles. The predicted molar refractivity (Wildman–Crippen MR) is 92.7 cm³/mol. The van der Waals surface area contributed by atoms with Crippen LogP contribution >= 0.6 is 0 Å². The first kappa shape index (κ1) is 16.5. The number of imidazole rings is 1. The third-order valence-electron chi connectivity index (χ3n) is 4.49. The summed E-state index contributed by atoms with van der Waals surface area (Å²) >= 11 is 0. The molecule has 3 rings (SSSR count). The summed E-state index contributed by atoms with van der Waals surface area (Å²) in [7, 11) is 0. The fourth-order valence-electron chi connectivity index (χ4n) is 3.13. The van der Waals surface area contributed by atoms with Crippen molar-refractivity contribution in [3.63, 3.8) is 0 Å². The molecule has 24 heavy (non-hydrogen) atoms. The Morgan fingerprint density at radius 2 is 2.25 bits per heavy atom. The average molecular weight is 328 g/mol. The molecule has 1 saturated carbocycles. The third kappa shape index (κ3) is 4.35. The number of carbonyl (C=O) groups is 1. The minimum atomic E-state index is 0.00279. The lowest BCUT2D eigenvalue weighted by atomic mass is 10.00. The lowest BCUT2D eigenvalue weighted by Crippen LogP contribution is -2.28. The standard InChI is InChI=1S/C18H24N4O2/c19-15-5-3-4-14(15)12-18(23)21-16-6-1-2-7-17(16)24-11-10-22-9-8-20-13-22/h1-2,6-9,13-15H,3-5,10-12,19H2,(H,21,23)/t14-,15+/m0/s1. The summed E-state index contributed by atoms with van der Waals surface area (Å²) in [5.41, 5.74) is 6.76. The second kappa shape index (κ2) is 7.97. The van der Waals surface area contributed by atoms with Gasteiger partial charge >= 0.3 is 0 Å². The van der Waals surface area contributed by atoms with Gasteiger partial charge in [0.05, 0.1) is 18.6 Å². The number of para-hydroxylation sites is 2. The predicted octanol–water partition coefficient (Wildman–Crippen LogP) is 2.42. The van der Waals surface area contributed by atoms with E-state index in [0.717, 1.165) is 19.3 Å². The summed E-state index contributed by atoms with van der Waals surface area (Å²) in [6, 6.07) is 7.66. The van der Waals surface area contributed by atoms with Crippen molar-refractivity contribution in [2.45, 2.75) is 38.3 Å². The molecule has 128 valence electrons. The maximum Gasteiger partial charge on any atom is 0.224 e. The van der Waals surface area contributed by atoms with Crippen LogP contribution in [-0.4, -0.2) is 28.1 Å². The number of nitrogens with one attached hydrogen (secondary N) is 1. The van der Waals surface area contributed by atoms with Crippen molar-refractivity contribution >= 4 is 11.6 Å². The molecule has 1 aromatic carbocycles. The SMILES string of the molecule is N[C@@H]1CCC[C@H]1CC(=O)Nc1ccccc1OCCn1ccnc1. The molecule has 0 spiro atoms. The van der Waals surface area contributed by atoms with E-state index >= 15 is 0 Å². The zero-order valence-corrected chi connectivity index (χ0v) is 13.7. The first-order chi connectivity index (χ1) is 11.7. The van der Waals surface area contributed by atoms with E-state index in [4.69, 9.17) is 10.5 Å². The van der Waals surface area contributed by atoms with Gasteiger partial charge in [-0.1, -0.05) is 18.6 Å². The monoisotopic (exact) mass is 328 g/mol. The molecule has 0 radical (unpaired) electrons. The normalized spacial score (nSPS) is 20.0. The molecule has 1 amide bonds.